The Balaban J connectivity index is 1.95. The van der Waals surface area contributed by atoms with Gasteiger partial charge in [0.2, 0.25) is 0 Å². The fourth-order valence-electron chi connectivity index (χ4n) is 3.05. The Kier molecular flexibility index (Phi) is 11.3. The quantitative estimate of drug-likeness (QED) is 0.312. The van der Waals surface area contributed by atoms with Gasteiger partial charge in [-0.25, -0.2) is 0 Å². The van der Waals surface area contributed by atoms with Gasteiger partial charge in [0.1, 0.15) is 6.54 Å². The molecule has 0 atom stereocenters. The Bertz CT molecular complexity index is 378. The smallest absolute Gasteiger partial charge is 0.104 e. The van der Waals surface area contributed by atoms with Gasteiger partial charge in [-0.15, -0.1) is 0 Å². The lowest BCUT2D eigenvalue weighted by Crippen LogP contribution is -2.43. The Hall–Kier alpha value is -0.643. The Labute approximate surface area is 147 Å². The first-order chi connectivity index (χ1) is 11.1. The molecule has 0 heterocycles. The average Bonchev–Trinajstić information content (AvgIpc) is 2.53. The molecule has 0 amide bonds. The Morgan fingerprint density at radius 2 is 1.43 bits per heavy atom. The summed E-state index contributed by atoms with van der Waals surface area (Å²) in [6, 6.07) is 12.3. The molecule has 0 spiro atoms. The zero-order valence-corrected chi connectivity index (χ0v) is 17.8. The Morgan fingerprint density at radius 3 is 2.09 bits per heavy atom. The SMILES string of the molecule is C[N+](C)(CCNCCCCCCCCC[SiH3])Cc1ccccc1. The number of likely N-dealkylation sites (N-methyl/N-ethyl adjacent to an activating group) is 1. The maximum absolute atomic E-state index is 3.63. The maximum atomic E-state index is 3.63. The van der Waals surface area contributed by atoms with Crippen LogP contribution in [0.15, 0.2) is 30.3 Å². The number of hydrogen-bond acceptors (Lipinski definition) is 1. The van der Waals surface area contributed by atoms with Crippen LogP contribution in [0.1, 0.15) is 50.5 Å². The third-order valence-electron chi connectivity index (χ3n) is 4.55. The monoisotopic (exact) mass is 335 g/mol. The highest BCUT2D eigenvalue weighted by Crippen LogP contribution is 2.09. The summed E-state index contributed by atoms with van der Waals surface area (Å²) in [5.41, 5.74) is 1.43. The van der Waals surface area contributed by atoms with Gasteiger partial charge in [-0.3, -0.25) is 0 Å². The van der Waals surface area contributed by atoms with Crippen molar-refractivity contribution in [3.8, 4) is 0 Å². The molecule has 1 aromatic rings. The van der Waals surface area contributed by atoms with E-state index in [1.807, 2.05) is 0 Å². The van der Waals surface area contributed by atoms with E-state index in [9.17, 15) is 0 Å². The normalized spacial score (nSPS) is 11.9. The minimum Gasteiger partial charge on any atom is -0.324 e. The van der Waals surface area contributed by atoms with E-state index >= 15 is 0 Å². The molecule has 0 aliphatic rings. The molecular weight excluding hydrogens is 296 g/mol. The molecule has 0 fully saturated rings. The molecule has 132 valence electrons. The van der Waals surface area contributed by atoms with E-state index in [1.54, 1.807) is 0 Å². The molecule has 0 radical (unpaired) electrons. The number of hydrogen-bond donors (Lipinski definition) is 1. The number of quaternary nitrogens is 1. The molecular formula is C20H39N2Si+. The maximum Gasteiger partial charge on any atom is 0.104 e. The van der Waals surface area contributed by atoms with E-state index in [0.29, 0.717) is 0 Å². The highest BCUT2D eigenvalue weighted by atomic mass is 28.1. The molecule has 0 aliphatic carbocycles. The third kappa shape index (κ3) is 11.5. The first kappa shape index (κ1) is 20.4. The van der Waals surface area contributed by atoms with E-state index in [2.05, 4.69) is 49.7 Å². The summed E-state index contributed by atoms with van der Waals surface area (Å²) in [5.74, 6) is 0. The van der Waals surface area contributed by atoms with Gasteiger partial charge in [0.25, 0.3) is 0 Å². The van der Waals surface area contributed by atoms with E-state index in [4.69, 9.17) is 0 Å². The summed E-state index contributed by atoms with van der Waals surface area (Å²) < 4.78 is 1.05. The number of nitrogens with zero attached hydrogens (tertiary/aromatic N) is 1. The van der Waals surface area contributed by atoms with Crippen molar-refractivity contribution >= 4 is 10.2 Å². The first-order valence-corrected chi connectivity index (χ1v) is 11.1. The number of rotatable bonds is 14. The summed E-state index contributed by atoms with van der Waals surface area (Å²) in [6.45, 7) is 4.62. The molecule has 0 unspecified atom stereocenters. The topological polar surface area (TPSA) is 12.0 Å². The van der Waals surface area contributed by atoms with Crippen LogP contribution in [0.4, 0.5) is 0 Å². The Morgan fingerprint density at radius 1 is 0.826 bits per heavy atom. The van der Waals surface area contributed by atoms with Crippen molar-refractivity contribution < 1.29 is 4.48 Å². The molecule has 0 bridgehead atoms. The van der Waals surface area contributed by atoms with Crippen LogP contribution in [0.25, 0.3) is 0 Å². The van der Waals surface area contributed by atoms with Gasteiger partial charge in [-0.1, -0.05) is 74.9 Å². The minimum absolute atomic E-state index is 1.05. The predicted molar refractivity (Wildman–Crippen MR) is 107 cm³/mol. The molecule has 0 saturated carbocycles. The van der Waals surface area contributed by atoms with Crippen LogP contribution in [-0.2, 0) is 6.54 Å². The largest absolute Gasteiger partial charge is 0.324 e. The molecule has 0 saturated heterocycles. The van der Waals surface area contributed by atoms with Gasteiger partial charge < -0.3 is 9.80 Å². The molecule has 0 aromatic heterocycles. The second-order valence-corrected chi connectivity index (χ2v) is 8.53. The van der Waals surface area contributed by atoms with Gasteiger partial charge in [0.15, 0.2) is 0 Å². The number of benzene rings is 1. The van der Waals surface area contributed by atoms with Crippen molar-refractivity contribution in [3.63, 3.8) is 0 Å². The molecule has 1 aromatic carbocycles. The van der Waals surface area contributed by atoms with Crippen molar-refractivity contribution in [3.05, 3.63) is 35.9 Å². The molecule has 1 rings (SSSR count). The van der Waals surface area contributed by atoms with E-state index in [-0.39, 0.29) is 0 Å². The zero-order chi connectivity index (χ0) is 16.8. The zero-order valence-electron chi connectivity index (χ0n) is 15.8. The van der Waals surface area contributed by atoms with E-state index < -0.39 is 0 Å². The molecule has 23 heavy (non-hydrogen) atoms. The molecule has 3 heteroatoms. The van der Waals surface area contributed by atoms with Gasteiger partial charge in [-0.05, 0) is 13.0 Å². The summed E-state index contributed by atoms with van der Waals surface area (Å²) in [7, 11) is 6.04. The summed E-state index contributed by atoms with van der Waals surface area (Å²) in [5, 5.41) is 3.63. The van der Waals surface area contributed by atoms with Crippen LogP contribution >= 0.6 is 0 Å². The number of unbranched alkanes of at least 4 members (excludes halogenated alkanes) is 6. The fourth-order valence-corrected chi connectivity index (χ4v) is 3.55. The van der Waals surface area contributed by atoms with Crippen molar-refractivity contribution in [1.82, 2.24) is 5.32 Å². The van der Waals surface area contributed by atoms with E-state index in [0.717, 1.165) is 17.6 Å². The van der Waals surface area contributed by atoms with Crippen molar-refractivity contribution in [1.29, 1.82) is 0 Å². The van der Waals surface area contributed by atoms with Crippen molar-refractivity contribution in [2.24, 2.45) is 0 Å². The summed E-state index contributed by atoms with van der Waals surface area (Å²) >= 11 is 0. The minimum atomic E-state index is 1.05. The second-order valence-electron chi connectivity index (χ2n) is 7.53. The van der Waals surface area contributed by atoms with Crippen LogP contribution in [0.3, 0.4) is 0 Å². The molecule has 0 aliphatic heterocycles. The fraction of sp³-hybridized carbons (Fsp3) is 0.700. The first-order valence-electron chi connectivity index (χ1n) is 9.71. The van der Waals surface area contributed by atoms with Crippen molar-refractivity contribution in [2.45, 2.75) is 57.5 Å². The lowest BCUT2D eigenvalue weighted by Gasteiger charge is -2.30. The standard InChI is InChI=1S/C20H39N2Si/c1-22(2,19-20-13-9-8-10-14-20)17-16-21-15-11-6-4-3-5-7-12-18-23/h8-10,13-14,21H,3-7,11-12,15-19H2,1-2,23H3/q+1. The number of nitrogens with one attached hydrogen (secondary N) is 1. The van der Waals surface area contributed by atoms with Crippen LogP contribution in [0.5, 0.6) is 0 Å². The van der Waals surface area contributed by atoms with Gasteiger partial charge in [0.05, 0.1) is 20.6 Å². The average molecular weight is 336 g/mol. The van der Waals surface area contributed by atoms with Gasteiger partial charge >= 0.3 is 0 Å². The summed E-state index contributed by atoms with van der Waals surface area (Å²) in [6.07, 6.45) is 10.0. The van der Waals surface area contributed by atoms with Crippen LogP contribution in [0, 0.1) is 0 Å². The second kappa shape index (κ2) is 12.7. The molecule has 2 nitrogen and oxygen atoms in total. The van der Waals surface area contributed by atoms with Crippen LogP contribution < -0.4 is 5.32 Å². The predicted octanol–water partition coefficient (Wildman–Crippen LogP) is 3.37. The third-order valence-corrected chi connectivity index (χ3v) is 5.26. The highest BCUT2D eigenvalue weighted by molar-refractivity contribution is 6.08. The lowest BCUT2D eigenvalue weighted by atomic mass is 10.1. The van der Waals surface area contributed by atoms with Crippen LogP contribution in [-0.4, -0.2) is 48.5 Å². The van der Waals surface area contributed by atoms with Gasteiger partial charge in [-0.2, -0.15) is 0 Å². The summed E-state index contributed by atoms with van der Waals surface area (Å²) in [4.78, 5) is 0. The molecule has 1 N–H and O–H groups in total. The van der Waals surface area contributed by atoms with E-state index in [1.165, 1.54) is 79.9 Å². The highest BCUT2D eigenvalue weighted by Gasteiger charge is 2.14. The van der Waals surface area contributed by atoms with Gasteiger partial charge in [0, 0.05) is 22.4 Å². The van der Waals surface area contributed by atoms with Crippen molar-refractivity contribution in [2.75, 3.05) is 33.7 Å². The van der Waals surface area contributed by atoms with Crippen LogP contribution in [0.2, 0.25) is 6.04 Å². The lowest BCUT2D eigenvalue weighted by molar-refractivity contribution is -0.902.